The number of aryl methyl sites for hydroxylation is 1. The summed E-state index contributed by atoms with van der Waals surface area (Å²) in [6, 6.07) is 7.05. The molecule has 5 nitrogen and oxygen atoms in total. The molecule has 0 radical (unpaired) electrons. The van der Waals surface area contributed by atoms with Gasteiger partial charge in [0, 0.05) is 23.4 Å². The van der Waals surface area contributed by atoms with Crippen LogP contribution in [0.5, 0.6) is 11.5 Å². The Hall–Kier alpha value is -2.27. The quantitative estimate of drug-likeness (QED) is 0.892. The average molecular weight is 274 g/mol. The first-order valence-corrected chi connectivity index (χ1v) is 6.18. The topological polar surface area (TPSA) is 77.6 Å². The fraction of sp³-hybridized carbons (Fsp3) is 0.267. The van der Waals surface area contributed by atoms with E-state index >= 15 is 0 Å². The van der Waals surface area contributed by atoms with Gasteiger partial charge in [-0.2, -0.15) is 0 Å². The Morgan fingerprint density at radius 2 is 1.90 bits per heavy atom. The highest BCUT2D eigenvalue weighted by atomic mass is 16.5. The number of rotatable bonds is 4. The first-order valence-electron chi connectivity index (χ1n) is 6.18. The van der Waals surface area contributed by atoms with Crippen molar-refractivity contribution in [2.75, 3.05) is 20.0 Å². The van der Waals surface area contributed by atoms with E-state index in [1.807, 2.05) is 13.0 Å². The number of methoxy groups -OCH3 is 2. The zero-order valence-corrected chi connectivity index (χ0v) is 11.8. The second kappa shape index (κ2) is 5.79. The predicted octanol–water partition coefficient (Wildman–Crippen LogP) is 2.07. The fourth-order valence-electron chi connectivity index (χ4n) is 2.03. The summed E-state index contributed by atoms with van der Waals surface area (Å²) >= 11 is 0. The summed E-state index contributed by atoms with van der Waals surface area (Å²) in [5, 5.41) is 10.5. The van der Waals surface area contributed by atoms with Crippen LogP contribution in [0.4, 0.5) is 5.82 Å². The second-order valence-electron chi connectivity index (χ2n) is 4.50. The van der Waals surface area contributed by atoms with Gasteiger partial charge >= 0.3 is 0 Å². The summed E-state index contributed by atoms with van der Waals surface area (Å²) in [7, 11) is 3.12. The monoisotopic (exact) mass is 274 g/mol. The number of pyridine rings is 1. The molecule has 0 saturated heterocycles. The van der Waals surface area contributed by atoms with Crippen molar-refractivity contribution >= 4 is 5.82 Å². The number of nitrogens with two attached hydrogens (primary N) is 1. The molecule has 1 unspecified atom stereocenters. The summed E-state index contributed by atoms with van der Waals surface area (Å²) in [6.45, 7) is 1.90. The van der Waals surface area contributed by atoms with E-state index in [-0.39, 0.29) is 0 Å². The Morgan fingerprint density at radius 1 is 1.15 bits per heavy atom. The standard InChI is InChI=1S/C15H18N2O3/c1-9-6-12(15(16)17-8-9)14(18)11-5-4-10(19-2)7-13(11)20-3/h4-8,14,18H,1-3H3,(H2,16,17). The zero-order chi connectivity index (χ0) is 14.7. The van der Waals surface area contributed by atoms with E-state index in [0.717, 1.165) is 5.56 Å². The van der Waals surface area contributed by atoms with Gasteiger partial charge in [-0.3, -0.25) is 0 Å². The number of nitrogen functional groups attached to an aromatic ring is 1. The fourth-order valence-corrected chi connectivity index (χ4v) is 2.03. The van der Waals surface area contributed by atoms with Crippen LogP contribution in [-0.2, 0) is 0 Å². The first kappa shape index (κ1) is 14.1. The van der Waals surface area contributed by atoms with E-state index in [1.165, 1.54) is 0 Å². The molecular formula is C15H18N2O3. The number of anilines is 1. The lowest BCUT2D eigenvalue weighted by atomic mass is 10.00. The Labute approximate surface area is 118 Å². The van der Waals surface area contributed by atoms with Crippen molar-refractivity contribution in [1.29, 1.82) is 0 Å². The number of aromatic nitrogens is 1. The minimum atomic E-state index is -0.900. The maximum Gasteiger partial charge on any atom is 0.129 e. The third-order valence-electron chi connectivity index (χ3n) is 3.12. The number of benzene rings is 1. The van der Waals surface area contributed by atoms with Gasteiger partial charge in [0.05, 0.1) is 14.2 Å². The average Bonchev–Trinajstić information content (AvgIpc) is 2.48. The van der Waals surface area contributed by atoms with Gasteiger partial charge in [0.2, 0.25) is 0 Å². The molecule has 0 aliphatic heterocycles. The molecule has 5 heteroatoms. The van der Waals surface area contributed by atoms with Gasteiger partial charge in [-0.1, -0.05) is 0 Å². The minimum Gasteiger partial charge on any atom is -0.497 e. The molecule has 0 saturated carbocycles. The first-order chi connectivity index (χ1) is 9.56. The van der Waals surface area contributed by atoms with Crippen molar-refractivity contribution in [1.82, 2.24) is 4.98 Å². The lowest BCUT2D eigenvalue weighted by Gasteiger charge is -2.17. The Kier molecular flexibility index (Phi) is 4.10. The molecule has 0 bridgehead atoms. The van der Waals surface area contributed by atoms with Crippen molar-refractivity contribution in [2.45, 2.75) is 13.0 Å². The van der Waals surface area contributed by atoms with Gasteiger partial charge in [-0.15, -0.1) is 0 Å². The highest BCUT2D eigenvalue weighted by Gasteiger charge is 2.19. The van der Waals surface area contributed by atoms with Crippen LogP contribution < -0.4 is 15.2 Å². The van der Waals surface area contributed by atoms with Crippen molar-refractivity contribution < 1.29 is 14.6 Å². The molecule has 2 rings (SSSR count). The highest BCUT2D eigenvalue weighted by molar-refractivity contribution is 5.50. The Morgan fingerprint density at radius 3 is 2.55 bits per heavy atom. The molecule has 1 atom stereocenters. The van der Waals surface area contributed by atoms with Gasteiger partial charge in [0.1, 0.15) is 23.4 Å². The molecule has 0 spiro atoms. The van der Waals surface area contributed by atoms with Crippen molar-refractivity contribution in [3.63, 3.8) is 0 Å². The molecule has 3 N–H and O–H groups in total. The summed E-state index contributed by atoms with van der Waals surface area (Å²) in [4.78, 5) is 4.07. The van der Waals surface area contributed by atoms with E-state index in [1.54, 1.807) is 38.6 Å². The summed E-state index contributed by atoms with van der Waals surface area (Å²) in [5.74, 6) is 1.51. The van der Waals surface area contributed by atoms with Crippen LogP contribution >= 0.6 is 0 Å². The molecule has 0 amide bonds. The van der Waals surface area contributed by atoms with Gasteiger partial charge in [-0.05, 0) is 30.7 Å². The van der Waals surface area contributed by atoms with Crippen molar-refractivity contribution in [2.24, 2.45) is 0 Å². The molecule has 1 heterocycles. The van der Waals surface area contributed by atoms with E-state index in [9.17, 15) is 5.11 Å². The third-order valence-corrected chi connectivity index (χ3v) is 3.12. The number of aliphatic hydroxyl groups is 1. The van der Waals surface area contributed by atoms with Crippen LogP contribution in [0.2, 0.25) is 0 Å². The number of hydrogen-bond donors (Lipinski definition) is 2. The molecule has 1 aromatic carbocycles. The second-order valence-corrected chi connectivity index (χ2v) is 4.50. The Balaban J connectivity index is 2.47. The van der Waals surface area contributed by atoms with Gasteiger partial charge in [-0.25, -0.2) is 4.98 Å². The number of ether oxygens (including phenoxy) is 2. The van der Waals surface area contributed by atoms with E-state index in [0.29, 0.717) is 28.4 Å². The maximum atomic E-state index is 10.5. The van der Waals surface area contributed by atoms with Crippen molar-refractivity contribution in [3.05, 3.63) is 47.2 Å². The lowest BCUT2D eigenvalue weighted by molar-refractivity contribution is 0.215. The van der Waals surface area contributed by atoms with Crippen LogP contribution in [0.25, 0.3) is 0 Å². The number of nitrogens with zero attached hydrogens (tertiary/aromatic N) is 1. The van der Waals surface area contributed by atoms with Crippen LogP contribution in [0.3, 0.4) is 0 Å². The van der Waals surface area contributed by atoms with E-state index < -0.39 is 6.10 Å². The van der Waals surface area contributed by atoms with Gasteiger partial charge < -0.3 is 20.3 Å². The Bertz CT molecular complexity index is 614. The van der Waals surface area contributed by atoms with Crippen molar-refractivity contribution in [3.8, 4) is 11.5 Å². The van der Waals surface area contributed by atoms with Crippen LogP contribution in [0.1, 0.15) is 22.8 Å². The molecule has 0 aliphatic carbocycles. The predicted molar refractivity (Wildman–Crippen MR) is 77.0 cm³/mol. The molecule has 0 fully saturated rings. The lowest BCUT2D eigenvalue weighted by Crippen LogP contribution is -2.07. The van der Waals surface area contributed by atoms with Gasteiger partial charge in [0.15, 0.2) is 0 Å². The smallest absolute Gasteiger partial charge is 0.129 e. The summed E-state index contributed by atoms with van der Waals surface area (Å²) < 4.78 is 10.4. The van der Waals surface area contributed by atoms with Crippen LogP contribution in [0, 0.1) is 6.92 Å². The molecular weight excluding hydrogens is 256 g/mol. The molecule has 2 aromatic rings. The number of aliphatic hydroxyl groups excluding tert-OH is 1. The molecule has 20 heavy (non-hydrogen) atoms. The normalized spacial score (nSPS) is 12.0. The van der Waals surface area contributed by atoms with Crippen LogP contribution in [0.15, 0.2) is 30.5 Å². The largest absolute Gasteiger partial charge is 0.497 e. The maximum absolute atomic E-state index is 10.5. The highest BCUT2D eigenvalue weighted by Crippen LogP contribution is 2.34. The SMILES string of the molecule is COc1ccc(C(O)c2cc(C)cnc2N)c(OC)c1. The third kappa shape index (κ3) is 2.67. The van der Waals surface area contributed by atoms with E-state index in [2.05, 4.69) is 4.98 Å². The molecule has 1 aromatic heterocycles. The van der Waals surface area contributed by atoms with E-state index in [4.69, 9.17) is 15.2 Å². The number of hydrogen-bond acceptors (Lipinski definition) is 5. The van der Waals surface area contributed by atoms with Crippen LogP contribution in [-0.4, -0.2) is 24.3 Å². The minimum absolute atomic E-state index is 0.306. The zero-order valence-electron chi connectivity index (χ0n) is 11.8. The molecule has 106 valence electrons. The van der Waals surface area contributed by atoms with Gasteiger partial charge in [0.25, 0.3) is 0 Å². The molecule has 0 aliphatic rings. The summed E-state index contributed by atoms with van der Waals surface area (Å²) in [5.41, 5.74) is 7.95. The summed E-state index contributed by atoms with van der Waals surface area (Å²) in [6.07, 6.45) is 0.764.